The van der Waals surface area contributed by atoms with Crippen molar-refractivity contribution in [2.45, 2.75) is 45.1 Å². The molecule has 0 aromatic heterocycles. The standard InChI is InChI=1S/C14H20FNO4S/c1-9-6-11(15)7-10(2)13(9)21(19,20)16(8-12(17)18)14(3,4)5/h6-7H,8H2,1-5H3,(H,17,18). The average Bonchev–Trinajstić information content (AvgIpc) is 2.21. The summed E-state index contributed by atoms with van der Waals surface area (Å²) in [5, 5.41) is 8.97. The topological polar surface area (TPSA) is 74.7 Å². The molecule has 0 aliphatic heterocycles. The van der Waals surface area contributed by atoms with E-state index >= 15 is 0 Å². The van der Waals surface area contributed by atoms with Gasteiger partial charge in [-0.1, -0.05) is 0 Å². The second kappa shape index (κ2) is 5.73. The Bertz CT molecular complexity index is 639. The van der Waals surface area contributed by atoms with E-state index in [1.807, 2.05) is 0 Å². The summed E-state index contributed by atoms with van der Waals surface area (Å²) in [5.74, 6) is -1.77. The number of halogens is 1. The van der Waals surface area contributed by atoms with Crippen LogP contribution in [0.2, 0.25) is 0 Å². The zero-order valence-corrected chi connectivity index (χ0v) is 13.6. The number of carboxylic acid groups (broad SMARTS) is 1. The summed E-state index contributed by atoms with van der Waals surface area (Å²) in [7, 11) is -4.05. The molecule has 0 radical (unpaired) electrons. The molecule has 0 heterocycles. The van der Waals surface area contributed by atoms with Crippen LogP contribution in [0, 0.1) is 19.7 Å². The van der Waals surface area contributed by atoms with Crippen LogP contribution in [0.1, 0.15) is 31.9 Å². The Morgan fingerprint density at radius 3 is 2.00 bits per heavy atom. The Morgan fingerprint density at radius 2 is 1.67 bits per heavy atom. The van der Waals surface area contributed by atoms with Gasteiger partial charge in [0.25, 0.3) is 0 Å². The van der Waals surface area contributed by atoms with Crippen molar-refractivity contribution in [2.75, 3.05) is 6.54 Å². The SMILES string of the molecule is Cc1cc(F)cc(C)c1S(=O)(=O)N(CC(=O)O)C(C)(C)C. The van der Waals surface area contributed by atoms with Crippen molar-refractivity contribution < 1.29 is 22.7 Å². The third-order valence-electron chi connectivity index (χ3n) is 3.00. The molecule has 0 amide bonds. The summed E-state index contributed by atoms with van der Waals surface area (Å²) >= 11 is 0. The minimum atomic E-state index is -4.05. The van der Waals surface area contributed by atoms with Gasteiger partial charge in [0, 0.05) is 5.54 Å². The lowest BCUT2D eigenvalue weighted by atomic mass is 10.1. The summed E-state index contributed by atoms with van der Waals surface area (Å²) in [6, 6.07) is 2.25. The molecule has 1 aromatic rings. The average molecular weight is 317 g/mol. The Morgan fingerprint density at radius 1 is 1.24 bits per heavy atom. The highest BCUT2D eigenvalue weighted by Gasteiger charge is 2.37. The third-order valence-corrected chi connectivity index (χ3v) is 5.42. The van der Waals surface area contributed by atoms with E-state index in [9.17, 15) is 17.6 Å². The fraction of sp³-hybridized carbons (Fsp3) is 0.500. The van der Waals surface area contributed by atoms with Gasteiger partial charge in [-0.15, -0.1) is 0 Å². The molecule has 0 saturated carbocycles. The van der Waals surface area contributed by atoms with E-state index in [1.165, 1.54) is 13.8 Å². The van der Waals surface area contributed by atoms with E-state index in [1.54, 1.807) is 20.8 Å². The molecule has 1 N–H and O–H groups in total. The number of aliphatic carboxylic acids is 1. The van der Waals surface area contributed by atoms with Gasteiger partial charge in [0.1, 0.15) is 12.4 Å². The number of carboxylic acids is 1. The molecule has 0 atom stereocenters. The quantitative estimate of drug-likeness (QED) is 0.925. The normalized spacial score (nSPS) is 12.7. The fourth-order valence-corrected chi connectivity index (χ4v) is 4.37. The molecule has 0 spiro atoms. The molecule has 1 aromatic carbocycles. The number of rotatable bonds is 4. The minimum absolute atomic E-state index is 0.0416. The molecule has 0 aliphatic rings. The van der Waals surface area contributed by atoms with E-state index in [4.69, 9.17) is 5.11 Å². The van der Waals surface area contributed by atoms with Crippen LogP contribution in [0.15, 0.2) is 17.0 Å². The summed E-state index contributed by atoms with van der Waals surface area (Å²) < 4.78 is 39.9. The molecule has 0 unspecified atom stereocenters. The van der Waals surface area contributed by atoms with Crippen molar-refractivity contribution in [2.24, 2.45) is 0 Å². The predicted molar refractivity (Wildman–Crippen MR) is 77.2 cm³/mol. The highest BCUT2D eigenvalue weighted by molar-refractivity contribution is 7.89. The molecule has 118 valence electrons. The predicted octanol–water partition coefficient (Wildman–Crippen LogP) is 2.32. The summed E-state index contributed by atoms with van der Waals surface area (Å²) in [5.41, 5.74) is -0.399. The van der Waals surface area contributed by atoms with Gasteiger partial charge < -0.3 is 5.11 Å². The number of hydrogen-bond donors (Lipinski definition) is 1. The van der Waals surface area contributed by atoms with Crippen molar-refractivity contribution in [1.82, 2.24) is 4.31 Å². The second-order valence-electron chi connectivity index (χ2n) is 5.94. The second-order valence-corrected chi connectivity index (χ2v) is 7.74. The van der Waals surface area contributed by atoms with Gasteiger partial charge in [0.05, 0.1) is 4.90 Å². The number of benzene rings is 1. The number of hydrogen-bond acceptors (Lipinski definition) is 3. The lowest BCUT2D eigenvalue weighted by molar-refractivity contribution is -0.138. The van der Waals surface area contributed by atoms with Crippen molar-refractivity contribution in [3.8, 4) is 0 Å². The summed E-state index contributed by atoms with van der Waals surface area (Å²) in [6.07, 6.45) is 0. The largest absolute Gasteiger partial charge is 0.480 e. The van der Waals surface area contributed by atoms with Crippen molar-refractivity contribution in [3.05, 3.63) is 29.1 Å². The maximum absolute atomic E-state index is 13.3. The first-order valence-corrected chi connectivity index (χ1v) is 7.82. The van der Waals surface area contributed by atoms with E-state index < -0.39 is 33.9 Å². The molecule has 5 nitrogen and oxygen atoms in total. The van der Waals surface area contributed by atoms with Crippen molar-refractivity contribution in [3.63, 3.8) is 0 Å². The summed E-state index contributed by atoms with van der Waals surface area (Å²) in [4.78, 5) is 11.0. The molecule has 7 heteroatoms. The molecule has 1 rings (SSSR count). The van der Waals surface area contributed by atoms with Crippen LogP contribution in [0.4, 0.5) is 4.39 Å². The van der Waals surface area contributed by atoms with Gasteiger partial charge in [0.2, 0.25) is 10.0 Å². The Balaban J connectivity index is 3.54. The molecule has 21 heavy (non-hydrogen) atoms. The van der Waals surface area contributed by atoms with Crippen LogP contribution in [-0.2, 0) is 14.8 Å². The zero-order chi connectivity index (χ0) is 16.6. The smallest absolute Gasteiger partial charge is 0.318 e. The van der Waals surface area contributed by atoms with E-state index in [0.717, 1.165) is 16.4 Å². The number of sulfonamides is 1. The first-order chi connectivity index (χ1) is 9.37. The zero-order valence-electron chi connectivity index (χ0n) is 12.8. The third kappa shape index (κ3) is 3.79. The Kier molecular flexibility index (Phi) is 4.80. The lowest BCUT2D eigenvalue weighted by Gasteiger charge is -2.34. The molecular formula is C14H20FNO4S. The fourth-order valence-electron chi connectivity index (χ4n) is 2.22. The van der Waals surface area contributed by atoms with Crippen LogP contribution < -0.4 is 0 Å². The first kappa shape index (κ1) is 17.6. The summed E-state index contributed by atoms with van der Waals surface area (Å²) in [6.45, 7) is 7.17. The maximum Gasteiger partial charge on any atom is 0.318 e. The van der Waals surface area contributed by atoms with E-state index in [2.05, 4.69) is 0 Å². The van der Waals surface area contributed by atoms with Gasteiger partial charge in [-0.05, 0) is 57.9 Å². The van der Waals surface area contributed by atoms with Crippen molar-refractivity contribution in [1.29, 1.82) is 0 Å². The van der Waals surface area contributed by atoms with Crippen LogP contribution >= 0.6 is 0 Å². The van der Waals surface area contributed by atoms with Crippen LogP contribution in [0.25, 0.3) is 0 Å². The molecule has 0 fully saturated rings. The minimum Gasteiger partial charge on any atom is -0.480 e. The number of aryl methyl sites for hydroxylation is 2. The van der Waals surface area contributed by atoms with E-state index in [0.29, 0.717) is 0 Å². The first-order valence-electron chi connectivity index (χ1n) is 6.38. The van der Waals surface area contributed by atoms with Crippen LogP contribution in [-0.4, -0.2) is 35.9 Å². The van der Waals surface area contributed by atoms with Crippen molar-refractivity contribution >= 4 is 16.0 Å². The molecule has 0 bridgehead atoms. The highest BCUT2D eigenvalue weighted by Crippen LogP contribution is 2.29. The van der Waals surface area contributed by atoms with Crippen LogP contribution in [0.5, 0.6) is 0 Å². The molecular weight excluding hydrogens is 297 g/mol. The van der Waals surface area contributed by atoms with Gasteiger partial charge in [-0.25, -0.2) is 12.8 Å². The Labute approximate surface area is 124 Å². The number of nitrogens with zero attached hydrogens (tertiary/aromatic N) is 1. The van der Waals surface area contributed by atoms with E-state index in [-0.39, 0.29) is 16.0 Å². The molecule has 0 aliphatic carbocycles. The maximum atomic E-state index is 13.3. The molecule has 0 saturated heterocycles. The number of carbonyl (C=O) groups is 1. The van der Waals surface area contributed by atoms with Gasteiger partial charge in [-0.2, -0.15) is 4.31 Å². The van der Waals surface area contributed by atoms with Crippen LogP contribution in [0.3, 0.4) is 0 Å². The van der Waals surface area contributed by atoms with Gasteiger partial charge in [0.15, 0.2) is 0 Å². The lowest BCUT2D eigenvalue weighted by Crippen LogP contribution is -2.48. The van der Waals surface area contributed by atoms with Gasteiger partial charge >= 0.3 is 5.97 Å². The monoisotopic (exact) mass is 317 g/mol. The van der Waals surface area contributed by atoms with Gasteiger partial charge in [-0.3, -0.25) is 4.79 Å². The Hall–Kier alpha value is -1.47. The highest BCUT2D eigenvalue weighted by atomic mass is 32.2.